The number of nitrogens with one attached hydrogen (secondary N) is 1. The number of anilines is 1. The fraction of sp³-hybridized carbons (Fsp3) is 0.444. The molecule has 1 heterocycles. The van der Waals surface area contributed by atoms with Crippen LogP contribution in [0.1, 0.15) is 39.0 Å². The molecule has 1 aliphatic heterocycles. The Balaban J connectivity index is 1.64. The van der Waals surface area contributed by atoms with Gasteiger partial charge >= 0.3 is 0 Å². The van der Waals surface area contributed by atoms with Crippen LogP contribution in [0, 0.1) is 10.7 Å². The molecule has 1 atom stereocenters. The summed E-state index contributed by atoms with van der Waals surface area (Å²) >= 11 is 7.83. The van der Waals surface area contributed by atoms with E-state index in [-0.39, 0.29) is 17.1 Å². The smallest absolute Gasteiger partial charge is 0.241 e. The fourth-order valence-electron chi connectivity index (χ4n) is 2.57. The van der Waals surface area contributed by atoms with E-state index < -0.39 is 0 Å². The minimum Gasteiger partial charge on any atom is -0.326 e. The molecule has 0 aromatic heterocycles. The van der Waals surface area contributed by atoms with E-state index >= 15 is 0 Å². The lowest BCUT2D eigenvalue weighted by Gasteiger charge is -2.15. The number of amides is 2. The first-order valence-corrected chi connectivity index (χ1v) is 10.6. The molecule has 138 valence electrons. The van der Waals surface area contributed by atoms with E-state index in [2.05, 4.69) is 5.32 Å². The molecular weight excluding hydrogens is 386 g/mol. The first kappa shape index (κ1) is 20.7. The molecule has 1 unspecified atom stereocenters. The number of rotatable bonds is 9. The maximum atomic E-state index is 12.1. The van der Waals surface area contributed by atoms with Crippen molar-refractivity contribution in [3.05, 3.63) is 24.3 Å². The molecule has 2 rings (SSSR count). The molecule has 5 nitrogen and oxygen atoms in total. The molecule has 26 heavy (non-hydrogen) atoms. The van der Waals surface area contributed by atoms with Crippen LogP contribution in [-0.2, 0) is 9.59 Å². The topological polar surface area (TPSA) is 73.2 Å². The predicted molar refractivity (Wildman–Crippen MR) is 111 cm³/mol. The van der Waals surface area contributed by atoms with Crippen LogP contribution >= 0.6 is 35.7 Å². The summed E-state index contributed by atoms with van der Waals surface area (Å²) in [6, 6.07) is 7.20. The highest BCUT2D eigenvalue weighted by atomic mass is 32.2. The summed E-state index contributed by atoms with van der Waals surface area (Å²) in [5.74, 6) is 0.0957. The van der Waals surface area contributed by atoms with Gasteiger partial charge in [0.05, 0.1) is 5.25 Å². The highest BCUT2D eigenvalue weighted by molar-refractivity contribution is 8.24. The van der Waals surface area contributed by atoms with E-state index in [1.165, 1.54) is 11.8 Å². The highest BCUT2D eigenvalue weighted by Gasteiger charge is 2.34. The van der Waals surface area contributed by atoms with Crippen molar-refractivity contribution in [2.75, 3.05) is 11.9 Å². The van der Waals surface area contributed by atoms with Crippen molar-refractivity contribution in [3.8, 4) is 5.40 Å². The number of thioether (sulfide) groups is 2. The minimum absolute atomic E-state index is 0.0220. The second-order valence-electron chi connectivity index (χ2n) is 5.85. The van der Waals surface area contributed by atoms with E-state index in [1.54, 1.807) is 29.2 Å². The maximum absolute atomic E-state index is 12.1. The summed E-state index contributed by atoms with van der Waals surface area (Å²) in [6.45, 7) is 2.64. The molecule has 0 saturated carbocycles. The van der Waals surface area contributed by atoms with Crippen LogP contribution in [0.4, 0.5) is 5.69 Å². The van der Waals surface area contributed by atoms with E-state index in [1.807, 2.05) is 12.3 Å². The summed E-state index contributed by atoms with van der Waals surface area (Å²) in [5, 5.41) is 13.5. The van der Waals surface area contributed by atoms with Crippen molar-refractivity contribution in [1.82, 2.24) is 4.90 Å². The van der Waals surface area contributed by atoms with E-state index in [4.69, 9.17) is 17.5 Å². The van der Waals surface area contributed by atoms with Crippen LogP contribution in [0.15, 0.2) is 29.2 Å². The Hall–Kier alpha value is -1.56. The average molecular weight is 408 g/mol. The Morgan fingerprint density at radius 2 is 2.08 bits per heavy atom. The monoisotopic (exact) mass is 407 g/mol. The average Bonchev–Trinajstić information content (AvgIpc) is 2.90. The number of unbranched alkanes of at least 4 members (excludes halogenated alkanes) is 2. The molecule has 8 heteroatoms. The third-order valence-corrected chi connectivity index (χ3v) is 6.31. The largest absolute Gasteiger partial charge is 0.326 e. The number of hydrogen-bond donors (Lipinski definition) is 1. The van der Waals surface area contributed by atoms with Crippen molar-refractivity contribution in [2.24, 2.45) is 0 Å². The molecule has 0 spiro atoms. The Morgan fingerprint density at radius 1 is 1.35 bits per heavy atom. The van der Waals surface area contributed by atoms with Crippen LogP contribution in [0.3, 0.4) is 0 Å². The second-order valence-corrected chi connectivity index (χ2v) is 8.54. The molecule has 1 N–H and O–H groups in total. The van der Waals surface area contributed by atoms with E-state index in [9.17, 15) is 9.59 Å². The number of nitrogens with zero attached hydrogens (tertiary/aromatic N) is 2. The quantitative estimate of drug-likeness (QED) is 0.283. The van der Waals surface area contributed by atoms with Crippen molar-refractivity contribution in [2.45, 2.75) is 49.2 Å². The molecule has 1 saturated heterocycles. The molecule has 2 amide bonds. The number of thiocarbonyl (C=S) groups is 1. The number of thiocyanates is 1. The molecule has 1 aliphatic rings. The normalized spacial score (nSPS) is 16.6. The van der Waals surface area contributed by atoms with Crippen LogP contribution in [0.25, 0.3) is 0 Å². The van der Waals surface area contributed by atoms with Crippen molar-refractivity contribution < 1.29 is 9.59 Å². The molecule has 0 aliphatic carbocycles. The number of benzene rings is 1. The van der Waals surface area contributed by atoms with Gasteiger partial charge in [-0.25, -0.2) is 0 Å². The van der Waals surface area contributed by atoms with Gasteiger partial charge in [0.1, 0.15) is 9.72 Å². The lowest BCUT2D eigenvalue weighted by atomic mass is 10.1. The first-order valence-electron chi connectivity index (χ1n) is 8.53. The Kier molecular flexibility index (Phi) is 8.42. The van der Waals surface area contributed by atoms with Gasteiger partial charge in [-0.2, -0.15) is 5.26 Å². The van der Waals surface area contributed by atoms with Gasteiger partial charge in [0, 0.05) is 23.5 Å². The van der Waals surface area contributed by atoms with Gasteiger partial charge in [0.15, 0.2) is 0 Å². The van der Waals surface area contributed by atoms with E-state index in [0.717, 1.165) is 48.0 Å². The number of nitriles is 1. The predicted octanol–water partition coefficient (Wildman–Crippen LogP) is 4.40. The van der Waals surface area contributed by atoms with Gasteiger partial charge in [-0.05, 0) is 55.3 Å². The number of carbonyl (C=O) groups excluding carboxylic acids is 2. The SMILES string of the molecule is CCC1SC(=S)N(CCCCCC(=O)Nc2ccc(SC#N)cc2)C1=O. The van der Waals surface area contributed by atoms with Crippen LogP contribution in [0.5, 0.6) is 0 Å². The lowest BCUT2D eigenvalue weighted by Crippen LogP contribution is -2.32. The van der Waals surface area contributed by atoms with Gasteiger partial charge in [-0.3, -0.25) is 14.5 Å². The summed E-state index contributed by atoms with van der Waals surface area (Å²) in [7, 11) is 0. The summed E-state index contributed by atoms with van der Waals surface area (Å²) < 4.78 is 0.678. The van der Waals surface area contributed by atoms with E-state index in [0.29, 0.717) is 17.3 Å². The summed E-state index contributed by atoms with van der Waals surface area (Å²) in [4.78, 5) is 26.6. The molecular formula is C18H21N3O2S3. The Labute approximate surface area is 167 Å². The molecule has 1 aromatic rings. The third kappa shape index (κ3) is 6.01. The van der Waals surface area contributed by atoms with Crippen molar-refractivity contribution >= 4 is 57.6 Å². The van der Waals surface area contributed by atoms with Crippen molar-refractivity contribution in [3.63, 3.8) is 0 Å². The van der Waals surface area contributed by atoms with Crippen LogP contribution < -0.4 is 5.32 Å². The van der Waals surface area contributed by atoms with Gasteiger partial charge < -0.3 is 5.32 Å². The third-order valence-electron chi connectivity index (χ3n) is 3.96. The number of hydrogen-bond acceptors (Lipinski definition) is 6. The molecule has 1 fully saturated rings. The van der Waals surface area contributed by atoms with Gasteiger partial charge in [0.25, 0.3) is 0 Å². The fourth-order valence-corrected chi connectivity index (χ4v) is 4.43. The number of carbonyl (C=O) groups is 2. The molecule has 0 radical (unpaired) electrons. The zero-order valence-corrected chi connectivity index (χ0v) is 17.0. The van der Waals surface area contributed by atoms with Gasteiger partial charge in [-0.15, -0.1) is 0 Å². The lowest BCUT2D eigenvalue weighted by molar-refractivity contribution is -0.126. The first-order chi connectivity index (χ1) is 12.5. The van der Waals surface area contributed by atoms with Crippen LogP contribution in [-0.4, -0.2) is 32.8 Å². The standard InChI is InChI=1S/C18H21N3O2S3/c1-2-15-17(23)21(18(24)26-15)11-5-3-4-6-16(22)20-13-7-9-14(10-8-13)25-12-19/h7-10,15H,2-6,11H2,1H3,(H,20,22). The molecule has 0 bridgehead atoms. The minimum atomic E-state index is -0.0277. The van der Waals surface area contributed by atoms with Gasteiger partial charge in [0.2, 0.25) is 11.8 Å². The summed E-state index contributed by atoms with van der Waals surface area (Å²) in [5.41, 5.74) is 0.730. The second kappa shape index (κ2) is 10.6. The van der Waals surface area contributed by atoms with Gasteiger partial charge in [-0.1, -0.05) is 37.3 Å². The Bertz CT molecular complexity index is 701. The zero-order valence-electron chi connectivity index (χ0n) is 14.6. The zero-order chi connectivity index (χ0) is 18.9. The maximum Gasteiger partial charge on any atom is 0.241 e. The highest BCUT2D eigenvalue weighted by Crippen LogP contribution is 2.29. The molecule has 1 aromatic carbocycles. The van der Waals surface area contributed by atoms with Crippen molar-refractivity contribution in [1.29, 1.82) is 5.26 Å². The Morgan fingerprint density at radius 3 is 2.69 bits per heavy atom. The summed E-state index contributed by atoms with van der Waals surface area (Å²) in [6.07, 6.45) is 3.73. The van der Waals surface area contributed by atoms with Crippen LogP contribution in [0.2, 0.25) is 0 Å².